The maximum Gasteiger partial charge on any atom is 0.311 e. The van der Waals surface area contributed by atoms with Crippen LogP contribution in [-0.4, -0.2) is 23.1 Å². The van der Waals surface area contributed by atoms with Gasteiger partial charge in [-0.15, -0.1) is 0 Å². The van der Waals surface area contributed by atoms with Crippen molar-refractivity contribution in [3.8, 4) is 5.75 Å². The minimum absolute atomic E-state index is 0.150. The van der Waals surface area contributed by atoms with Gasteiger partial charge >= 0.3 is 5.97 Å². The number of ether oxygens (including phenoxy) is 1. The van der Waals surface area contributed by atoms with Crippen molar-refractivity contribution in [2.45, 2.75) is 45.1 Å². The van der Waals surface area contributed by atoms with Crippen LogP contribution in [0.25, 0.3) is 0 Å². The molecule has 3 rings (SSSR count). The zero-order chi connectivity index (χ0) is 17.8. The number of hydrogen-bond donors (Lipinski definition) is 2. The molecule has 0 unspecified atom stereocenters. The molecule has 1 aromatic heterocycles. The van der Waals surface area contributed by atoms with Crippen molar-refractivity contribution in [3.05, 3.63) is 47.4 Å². The van der Waals surface area contributed by atoms with Crippen LogP contribution in [0.1, 0.15) is 47.4 Å². The molecule has 25 heavy (non-hydrogen) atoms. The highest BCUT2D eigenvalue weighted by atomic mass is 16.5. The monoisotopic (exact) mass is 343 g/mol. The molecule has 1 saturated carbocycles. The van der Waals surface area contributed by atoms with Gasteiger partial charge in [0, 0.05) is 5.56 Å². The summed E-state index contributed by atoms with van der Waals surface area (Å²) in [6.07, 6.45) is 5.59. The van der Waals surface area contributed by atoms with E-state index < -0.39 is 11.9 Å². The third kappa shape index (κ3) is 4.02. The smallest absolute Gasteiger partial charge is 0.311 e. The number of nitrogens with one attached hydrogen (secondary N) is 1. The van der Waals surface area contributed by atoms with Crippen molar-refractivity contribution >= 4 is 17.6 Å². The Labute approximate surface area is 145 Å². The third-order valence-electron chi connectivity index (χ3n) is 4.32. The lowest BCUT2D eigenvalue weighted by atomic mass is 10.1. The first kappa shape index (κ1) is 17.1. The van der Waals surface area contributed by atoms with E-state index in [9.17, 15) is 9.59 Å². The standard InChI is InChI=1S/C19H21NO5/c1-12-11-24-16(10-17(21)22)18(12)19(23)20-14-8-4-5-9-15(14)25-13-6-2-3-7-13/h4-5,8-9,11,13H,2-3,6-7,10H2,1H3,(H,20,23)(H,21,22). The number of carbonyl (C=O) groups is 2. The summed E-state index contributed by atoms with van der Waals surface area (Å²) < 4.78 is 11.2. The fourth-order valence-electron chi connectivity index (χ4n) is 3.11. The number of anilines is 1. The van der Waals surface area contributed by atoms with Crippen LogP contribution in [0.4, 0.5) is 5.69 Å². The summed E-state index contributed by atoms with van der Waals surface area (Å²) in [5.41, 5.74) is 1.43. The SMILES string of the molecule is Cc1coc(CC(=O)O)c1C(=O)Nc1ccccc1OC1CCCC1. The second kappa shape index (κ2) is 7.42. The Morgan fingerprint density at radius 1 is 1.28 bits per heavy atom. The van der Waals surface area contributed by atoms with E-state index >= 15 is 0 Å². The van der Waals surface area contributed by atoms with Gasteiger partial charge in [-0.1, -0.05) is 12.1 Å². The number of para-hydroxylation sites is 2. The first-order chi connectivity index (χ1) is 12.0. The van der Waals surface area contributed by atoms with E-state index in [-0.39, 0.29) is 23.8 Å². The molecule has 0 bridgehead atoms. The van der Waals surface area contributed by atoms with Crippen LogP contribution in [0.5, 0.6) is 5.75 Å². The van der Waals surface area contributed by atoms with Gasteiger partial charge in [0.1, 0.15) is 17.9 Å². The maximum atomic E-state index is 12.7. The fourth-order valence-corrected chi connectivity index (χ4v) is 3.11. The average molecular weight is 343 g/mol. The van der Waals surface area contributed by atoms with E-state index in [2.05, 4.69) is 5.32 Å². The summed E-state index contributed by atoms with van der Waals surface area (Å²) >= 11 is 0. The van der Waals surface area contributed by atoms with Crippen molar-refractivity contribution < 1.29 is 23.8 Å². The van der Waals surface area contributed by atoms with Crippen LogP contribution in [0, 0.1) is 6.92 Å². The predicted molar refractivity (Wildman–Crippen MR) is 92.1 cm³/mol. The van der Waals surface area contributed by atoms with Gasteiger partial charge in [-0.25, -0.2) is 0 Å². The Kier molecular flexibility index (Phi) is 5.07. The van der Waals surface area contributed by atoms with Gasteiger partial charge in [-0.3, -0.25) is 9.59 Å². The highest BCUT2D eigenvalue weighted by molar-refractivity contribution is 6.07. The highest BCUT2D eigenvalue weighted by Crippen LogP contribution is 2.30. The second-order valence-corrected chi connectivity index (χ2v) is 6.26. The van der Waals surface area contributed by atoms with Crippen molar-refractivity contribution in [1.29, 1.82) is 0 Å². The highest BCUT2D eigenvalue weighted by Gasteiger charge is 2.22. The zero-order valence-corrected chi connectivity index (χ0v) is 14.1. The van der Waals surface area contributed by atoms with Gasteiger partial charge in [0.15, 0.2) is 0 Å². The first-order valence-corrected chi connectivity index (χ1v) is 8.40. The molecule has 6 heteroatoms. The molecule has 0 saturated heterocycles. The van der Waals surface area contributed by atoms with E-state index in [4.69, 9.17) is 14.3 Å². The topological polar surface area (TPSA) is 88.8 Å². The molecule has 1 aliphatic carbocycles. The summed E-state index contributed by atoms with van der Waals surface area (Å²) in [6, 6.07) is 7.28. The number of furan rings is 1. The van der Waals surface area contributed by atoms with Crippen LogP contribution >= 0.6 is 0 Å². The lowest BCUT2D eigenvalue weighted by Crippen LogP contribution is -2.17. The summed E-state index contributed by atoms with van der Waals surface area (Å²) in [5.74, 6) is -0.668. The van der Waals surface area contributed by atoms with Crippen molar-refractivity contribution in [3.63, 3.8) is 0 Å². The van der Waals surface area contributed by atoms with Crippen LogP contribution in [0.15, 0.2) is 34.9 Å². The summed E-state index contributed by atoms with van der Waals surface area (Å²) in [4.78, 5) is 23.6. The van der Waals surface area contributed by atoms with Crippen LogP contribution in [0.2, 0.25) is 0 Å². The Bertz CT molecular complexity index is 774. The second-order valence-electron chi connectivity index (χ2n) is 6.26. The number of carboxylic acids is 1. The van der Waals surface area contributed by atoms with Crippen molar-refractivity contribution in [2.24, 2.45) is 0 Å². The predicted octanol–water partition coefficient (Wildman–Crippen LogP) is 3.79. The average Bonchev–Trinajstić information content (AvgIpc) is 3.19. The Balaban J connectivity index is 1.79. The minimum atomic E-state index is -1.05. The van der Waals surface area contributed by atoms with E-state index in [1.165, 1.54) is 6.26 Å². The molecule has 0 radical (unpaired) electrons. The largest absolute Gasteiger partial charge is 0.488 e. The van der Waals surface area contributed by atoms with E-state index in [0.29, 0.717) is 17.0 Å². The van der Waals surface area contributed by atoms with Gasteiger partial charge in [-0.05, 0) is 44.7 Å². The molecule has 1 heterocycles. The molecule has 2 aromatic rings. The quantitative estimate of drug-likeness (QED) is 0.833. The summed E-state index contributed by atoms with van der Waals surface area (Å²) in [7, 11) is 0. The van der Waals surface area contributed by atoms with Gasteiger partial charge in [0.05, 0.1) is 23.6 Å². The lowest BCUT2D eigenvalue weighted by molar-refractivity contribution is -0.136. The number of aryl methyl sites for hydroxylation is 1. The van der Waals surface area contributed by atoms with Crippen LogP contribution in [0.3, 0.4) is 0 Å². The molecule has 132 valence electrons. The number of carbonyl (C=O) groups excluding carboxylic acids is 1. The molecular weight excluding hydrogens is 322 g/mol. The van der Waals surface area contributed by atoms with Gasteiger partial charge in [-0.2, -0.15) is 0 Å². The molecule has 0 atom stereocenters. The van der Waals surface area contributed by atoms with Crippen LogP contribution in [-0.2, 0) is 11.2 Å². The van der Waals surface area contributed by atoms with E-state index in [1.807, 2.05) is 18.2 Å². The number of carboxylic acid groups (broad SMARTS) is 1. The Hall–Kier alpha value is -2.76. The molecular formula is C19H21NO5. The van der Waals surface area contributed by atoms with Crippen molar-refractivity contribution in [2.75, 3.05) is 5.32 Å². The zero-order valence-electron chi connectivity index (χ0n) is 14.1. The number of aliphatic carboxylic acids is 1. The Morgan fingerprint density at radius 3 is 2.72 bits per heavy atom. The third-order valence-corrected chi connectivity index (χ3v) is 4.32. The number of hydrogen-bond acceptors (Lipinski definition) is 4. The van der Waals surface area contributed by atoms with E-state index in [0.717, 1.165) is 25.7 Å². The molecule has 1 fully saturated rings. The molecule has 0 spiro atoms. The molecule has 1 aromatic carbocycles. The number of rotatable bonds is 6. The van der Waals surface area contributed by atoms with Gasteiger partial charge < -0.3 is 19.6 Å². The minimum Gasteiger partial charge on any atom is -0.488 e. The first-order valence-electron chi connectivity index (χ1n) is 8.40. The van der Waals surface area contributed by atoms with E-state index in [1.54, 1.807) is 13.0 Å². The molecule has 1 aliphatic rings. The fraction of sp³-hybridized carbons (Fsp3) is 0.368. The molecule has 2 N–H and O–H groups in total. The molecule has 1 amide bonds. The number of benzene rings is 1. The molecule has 0 aliphatic heterocycles. The van der Waals surface area contributed by atoms with Crippen LogP contribution < -0.4 is 10.1 Å². The Morgan fingerprint density at radius 2 is 2.00 bits per heavy atom. The van der Waals surface area contributed by atoms with Gasteiger partial charge in [0.25, 0.3) is 5.91 Å². The maximum absolute atomic E-state index is 12.7. The summed E-state index contributed by atoms with van der Waals surface area (Å²) in [6.45, 7) is 1.71. The molecule has 6 nitrogen and oxygen atoms in total. The number of amides is 1. The normalized spacial score (nSPS) is 14.4. The lowest BCUT2D eigenvalue weighted by Gasteiger charge is -2.17. The van der Waals surface area contributed by atoms with Gasteiger partial charge in [0.2, 0.25) is 0 Å². The van der Waals surface area contributed by atoms with Crippen molar-refractivity contribution in [1.82, 2.24) is 0 Å². The summed E-state index contributed by atoms with van der Waals surface area (Å²) in [5, 5.41) is 11.8.